The van der Waals surface area contributed by atoms with Crippen molar-refractivity contribution in [2.24, 2.45) is 0 Å². The van der Waals surface area contributed by atoms with Crippen LogP contribution in [0.3, 0.4) is 0 Å². The van der Waals surface area contributed by atoms with Crippen molar-refractivity contribution in [1.29, 1.82) is 0 Å². The van der Waals surface area contributed by atoms with Gasteiger partial charge in [0.1, 0.15) is 125 Å². The molecular weight excluding hydrogens is 1580 g/mol. The molecule has 8 fully saturated rings. The monoisotopic (exact) mass is 1650 g/mol. The Bertz CT molecular complexity index is 5640. The van der Waals surface area contributed by atoms with Crippen LogP contribution in [0.2, 0.25) is 10.0 Å². The molecule has 11 N–H and O–H groups in total. The topological polar surface area (TPSA) is 476 Å². The van der Waals surface area contributed by atoms with Gasteiger partial charge < -0.3 is 99.8 Å². The fraction of sp³-hybridized carbons (Fsp3) is 0.400. The number of esters is 1. The minimum atomic E-state index is -4.44. The summed E-state index contributed by atoms with van der Waals surface area (Å²) in [5, 5.41) is 30.7. The number of aromatic nitrogens is 16. The quantitative estimate of drug-likeness (QED) is 0.0547. The van der Waals surface area contributed by atoms with Crippen molar-refractivity contribution in [3.05, 3.63) is 192 Å². The van der Waals surface area contributed by atoms with E-state index in [9.17, 15) is 33.3 Å². The van der Waals surface area contributed by atoms with Gasteiger partial charge in [0.25, 0.3) is 0 Å². The molecule has 16 heterocycles. The summed E-state index contributed by atoms with van der Waals surface area (Å²) in [7, 11) is 0. The predicted molar refractivity (Wildman–Crippen MR) is 402 cm³/mol. The number of carbonyl (C=O) groups is 1. The van der Waals surface area contributed by atoms with Gasteiger partial charge in [-0.25, -0.2) is 59.8 Å². The molecule has 0 bridgehead atoms. The standard InChI is InChI=1S/C20H20ClN5O5.C19H18F3N5O4.C18H18ClN5O4.C18H19N5O4/c1-10(27)28-7-13-15-20(2,31-18(30-15)11-3-5-12(21)6-4-11)19(29-13)26-9-25-14-16(22)23-8-24-17(14)26;1-18-13(30-16(31-18)9-2-4-10(5-3-9)19(20,21)22)11(6-28)29-17(18)27-8-26-12-14(23)24-7-25-15(12)27;1-18-13(27-16(28-18)9-2-4-10(19)5-3-9)11(6-25)26-17(18)24-8-23-12-14(20)21-7-22-15(12)24;1-18-13(26-16(27-18)10-5-3-2-4-6-10)11(7-24)25-17(18)23-9-22-12-14(19)20-8-21-15(12)23/h3-6,8-9,13,15,18-19H,7H2,1-2H3,(H2,22,23,24);2-5,7-8,11,13,16-17,28H,6H2,1H3,(H2,23,24,25);2-5,7-8,11,13,16-17,25H,6H2,1H3,(H2,20,21,22);2-6,8-9,11,13,16-17,24H,7H2,1H3,(H2,19,20,21)/t13-,15-,18?,19-,20-;3*11-,13-,16?,17-,18-/m1111/s1. The lowest BCUT2D eigenvalue weighted by atomic mass is 9.96. The molecule has 612 valence electrons. The first kappa shape index (κ1) is 79.0. The molecule has 8 saturated heterocycles. The normalized spacial score (nSPS) is 31.3. The number of aliphatic hydroxyl groups excluding tert-OH is 3. The number of rotatable bonds is 13. The number of nitrogens with zero attached hydrogens (tertiary/aromatic N) is 16. The Balaban J connectivity index is 0.000000112. The number of benzene rings is 4. The minimum absolute atomic E-state index is 0.0204. The maximum atomic E-state index is 12.9. The number of nitrogen functional groups attached to an aromatic ring is 4. The van der Waals surface area contributed by atoms with E-state index >= 15 is 0 Å². The molecule has 20 rings (SSSR count). The van der Waals surface area contributed by atoms with E-state index in [0.717, 1.165) is 28.8 Å². The van der Waals surface area contributed by atoms with Crippen LogP contribution in [0.1, 0.15) is 113 Å². The lowest BCUT2D eigenvalue weighted by Crippen LogP contribution is -2.42. The Hall–Kier alpha value is -10.5. The average molecular weight is 1660 g/mol. The summed E-state index contributed by atoms with van der Waals surface area (Å²) < 4.78 is 125. The third-order valence-electron chi connectivity index (χ3n) is 21.7. The summed E-state index contributed by atoms with van der Waals surface area (Å²) in [6.07, 6.45) is -2.71. The zero-order valence-electron chi connectivity index (χ0n) is 62.4. The third kappa shape index (κ3) is 14.0. The van der Waals surface area contributed by atoms with Crippen LogP contribution < -0.4 is 22.9 Å². The fourth-order valence-corrected chi connectivity index (χ4v) is 16.3. The first-order chi connectivity index (χ1) is 56.2. The van der Waals surface area contributed by atoms with Gasteiger partial charge >= 0.3 is 12.1 Å². The number of nitrogens with two attached hydrogens (primary N) is 4. The molecule has 42 heteroatoms. The van der Waals surface area contributed by atoms with Crippen LogP contribution >= 0.6 is 23.2 Å². The smallest absolute Gasteiger partial charge is 0.416 e. The zero-order chi connectivity index (χ0) is 81.8. The number of anilines is 4. The number of hydrogen-bond donors (Lipinski definition) is 7. The van der Waals surface area contributed by atoms with Crippen molar-refractivity contribution in [1.82, 2.24) is 78.1 Å². The Labute approximate surface area is 670 Å². The van der Waals surface area contributed by atoms with Crippen LogP contribution in [0.4, 0.5) is 36.4 Å². The Morgan fingerprint density at radius 3 is 0.966 bits per heavy atom. The molecule has 117 heavy (non-hydrogen) atoms. The summed E-state index contributed by atoms with van der Waals surface area (Å²) in [5.74, 6) is 0.638. The lowest BCUT2D eigenvalue weighted by molar-refractivity contribution is -0.178. The number of carbonyl (C=O) groups excluding carboxylic acids is 1. The van der Waals surface area contributed by atoms with Crippen LogP contribution in [0, 0.1) is 0 Å². The molecule has 4 unspecified atom stereocenters. The largest absolute Gasteiger partial charge is 0.463 e. The molecule has 4 aromatic carbocycles. The van der Waals surface area contributed by atoms with E-state index in [1.54, 1.807) is 68.4 Å². The third-order valence-corrected chi connectivity index (χ3v) is 22.2. The summed E-state index contributed by atoms with van der Waals surface area (Å²) in [5.41, 5.74) is 25.8. The highest BCUT2D eigenvalue weighted by molar-refractivity contribution is 6.30. The van der Waals surface area contributed by atoms with Gasteiger partial charge in [0.05, 0.1) is 50.7 Å². The van der Waals surface area contributed by atoms with E-state index < -0.39 is 139 Å². The van der Waals surface area contributed by atoms with E-state index in [4.69, 9.17) is 108 Å². The molecule has 0 radical (unpaired) electrons. The van der Waals surface area contributed by atoms with Crippen LogP contribution in [0.25, 0.3) is 44.7 Å². The number of fused-ring (bicyclic) bond motifs is 8. The molecule has 8 aliphatic rings. The molecule has 0 aliphatic carbocycles. The van der Waals surface area contributed by atoms with Crippen LogP contribution in [-0.4, -0.2) is 197 Å². The molecule has 20 atom stereocenters. The maximum absolute atomic E-state index is 12.9. The predicted octanol–water partition coefficient (Wildman–Crippen LogP) is 7.58. The van der Waals surface area contributed by atoms with Gasteiger partial charge in [-0.05, 0) is 64.1 Å². The second kappa shape index (κ2) is 30.8. The molecule has 0 amide bonds. The number of ether oxygens (including phenoxy) is 13. The number of hydrogen-bond acceptors (Lipinski definition) is 33. The fourth-order valence-electron chi connectivity index (χ4n) is 16.0. The van der Waals surface area contributed by atoms with Gasteiger partial charge in [-0.3, -0.25) is 23.1 Å². The van der Waals surface area contributed by atoms with Gasteiger partial charge in [0.15, 0.2) is 95.9 Å². The molecular formula is C75H75Cl2F3N20O17. The lowest BCUT2D eigenvalue weighted by Gasteiger charge is -2.28. The van der Waals surface area contributed by atoms with Crippen molar-refractivity contribution >= 4 is 97.1 Å². The van der Waals surface area contributed by atoms with Crippen molar-refractivity contribution in [3.8, 4) is 0 Å². The van der Waals surface area contributed by atoms with E-state index in [-0.39, 0.29) is 43.9 Å². The van der Waals surface area contributed by atoms with Gasteiger partial charge in [0.2, 0.25) is 0 Å². The van der Waals surface area contributed by atoms with Crippen LogP contribution in [0.15, 0.2) is 154 Å². The van der Waals surface area contributed by atoms with Gasteiger partial charge in [-0.2, -0.15) is 13.2 Å². The molecule has 8 aromatic heterocycles. The van der Waals surface area contributed by atoms with E-state index in [0.29, 0.717) is 66.1 Å². The van der Waals surface area contributed by atoms with Crippen molar-refractivity contribution < 1.29 is 94.9 Å². The average Bonchev–Trinajstić information content (AvgIpc) is 1.58. The van der Waals surface area contributed by atoms with Crippen LogP contribution in [-0.2, 0) is 72.6 Å². The highest BCUT2D eigenvalue weighted by Gasteiger charge is 2.67. The molecule has 37 nitrogen and oxygen atoms in total. The summed E-state index contributed by atoms with van der Waals surface area (Å²) in [6, 6.07) is 28.7. The Morgan fingerprint density at radius 2 is 0.684 bits per heavy atom. The Kier molecular flexibility index (Phi) is 20.8. The molecule has 8 aliphatic heterocycles. The number of aliphatic hydroxyl groups is 3. The van der Waals surface area contributed by atoms with Crippen molar-refractivity contribution in [2.75, 3.05) is 49.4 Å². The molecule has 0 saturated carbocycles. The first-order valence-electron chi connectivity index (χ1n) is 36.6. The van der Waals surface area contributed by atoms with E-state index in [1.165, 1.54) is 50.7 Å². The second-order valence-corrected chi connectivity index (χ2v) is 30.1. The number of alkyl halides is 3. The number of halogens is 5. The van der Waals surface area contributed by atoms with Gasteiger partial charge in [0, 0.05) is 39.2 Å². The van der Waals surface area contributed by atoms with Gasteiger partial charge in [-0.15, -0.1) is 0 Å². The zero-order valence-corrected chi connectivity index (χ0v) is 63.9. The highest BCUT2D eigenvalue weighted by Crippen LogP contribution is 2.57. The summed E-state index contributed by atoms with van der Waals surface area (Å²) >= 11 is 12.0. The van der Waals surface area contributed by atoms with Crippen molar-refractivity contribution in [3.63, 3.8) is 0 Å². The van der Waals surface area contributed by atoms with Gasteiger partial charge in [-0.1, -0.05) is 89.9 Å². The van der Waals surface area contributed by atoms with E-state index in [1.807, 2.05) is 75.4 Å². The second-order valence-electron chi connectivity index (χ2n) is 29.2. The summed E-state index contributed by atoms with van der Waals surface area (Å²) in [6.45, 7) is 8.07. The van der Waals surface area contributed by atoms with E-state index in [2.05, 4.69) is 59.8 Å². The Morgan fingerprint density at radius 1 is 0.410 bits per heavy atom. The van der Waals surface area contributed by atoms with Crippen molar-refractivity contribution in [2.45, 2.75) is 162 Å². The first-order valence-corrected chi connectivity index (χ1v) is 37.3. The minimum Gasteiger partial charge on any atom is -0.463 e. The molecule has 12 aromatic rings. The summed E-state index contributed by atoms with van der Waals surface area (Å²) in [4.78, 5) is 61.5. The SMILES string of the molecule is CC(=O)OC[C@H]1O[C@@H](n2cnc3c(N)ncnc32)[C@]2(C)OC(c3ccc(Cl)cc3)O[C@H]12.C[C@@]12OC(c3ccc(C(F)(F)F)cc3)O[C@@H]1[C@@H](CO)O[C@H]2n1cnc2c(N)ncnc21.C[C@@]12OC(c3ccc(Cl)cc3)O[C@@H]1[C@@H](CO)O[C@H]2n1cnc2c(N)ncnc21.C[C@@]12OC(c3ccccc3)O[C@@H]1[C@@H](CO)O[C@H]2n1cnc2c(N)ncnc21. The highest BCUT2D eigenvalue weighted by atomic mass is 35.5. The number of imidazole rings is 4. The maximum Gasteiger partial charge on any atom is 0.416 e. The van der Waals surface area contributed by atoms with Crippen LogP contribution in [0.5, 0.6) is 0 Å². The molecule has 0 spiro atoms.